The maximum Gasteiger partial charge on any atom is 0.290 e. The number of ketones is 1. The summed E-state index contributed by atoms with van der Waals surface area (Å²) in [4.78, 5) is 28.1. The number of rotatable bonds is 7. The number of halogens is 1. The summed E-state index contributed by atoms with van der Waals surface area (Å²) < 4.78 is 16.7. The molecule has 0 bridgehead atoms. The zero-order valence-corrected chi connectivity index (χ0v) is 18.9. The van der Waals surface area contributed by atoms with Crippen LogP contribution < -0.4 is 4.74 Å². The van der Waals surface area contributed by atoms with Crippen molar-refractivity contribution in [2.24, 2.45) is 0 Å². The number of ether oxygens (including phenoxy) is 1. The van der Waals surface area contributed by atoms with E-state index >= 15 is 0 Å². The molecule has 1 aliphatic heterocycles. The minimum atomic E-state index is -0.849. The highest BCUT2D eigenvalue weighted by molar-refractivity contribution is 6.31. The summed E-state index contributed by atoms with van der Waals surface area (Å²) in [5.74, 6) is -0.694. The number of benzene rings is 2. The van der Waals surface area contributed by atoms with Crippen LogP contribution in [0.1, 0.15) is 34.8 Å². The number of carbonyl (C=O) groups excluding carboxylic acids is 2. The quantitative estimate of drug-likeness (QED) is 0.335. The van der Waals surface area contributed by atoms with Gasteiger partial charge >= 0.3 is 0 Å². The molecule has 1 amide bonds. The first kappa shape index (κ1) is 21.9. The van der Waals surface area contributed by atoms with Crippen molar-refractivity contribution in [1.29, 1.82) is 0 Å². The lowest BCUT2D eigenvalue weighted by molar-refractivity contribution is -0.130. The standard InChI is InChI=1S/C26H20ClNO6/c1-2-32-18-8-5-15(6-9-18)23-22(25(30)26(31)28(23)14-19-4-3-11-33-19)24(29)21-13-16-12-17(27)7-10-20(16)34-21/h3-13,23,30H,2,14H2,1H3. The number of aliphatic hydroxyl groups is 1. The number of furan rings is 2. The van der Waals surface area contributed by atoms with Crippen molar-refractivity contribution in [2.75, 3.05) is 6.61 Å². The zero-order chi connectivity index (χ0) is 23.8. The second-order valence-electron chi connectivity index (χ2n) is 7.80. The number of carbonyl (C=O) groups is 2. The molecule has 0 fully saturated rings. The minimum Gasteiger partial charge on any atom is -0.503 e. The van der Waals surface area contributed by atoms with Crippen molar-refractivity contribution in [3.8, 4) is 5.75 Å². The predicted molar refractivity (Wildman–Crippen MR) is 125 cm³/mol. The largest absolute Gasteiger partial charge is 0.503 e. The average Bonchev–Trinajstić information content (AvgIpc) is 3.55. The number of hydrogen-bond acceptors (Lipinski definition) is 6. The zero-order valence-electron chi connectivity index (χ0n) is 18.2. The smallest absolute Gasteiger partial charge is 0.290 e. The summed E-state index contributed by atoms with van der Waals surface area (Å²) in [6.07, 6.45) is 1.50. The Balaban J connectivity index is 1.58. The lowest BCUT2D eigenvalue weighted by Crippen LogP contribution is -2.30. The first-order valence-electron chi connectivity index (χ1n) is 10.7. The summed E-state index contributed by atoms with van der Waals surface area (Å²) in [5, 5.41) is 12.0. The van der Waals surface area contributed by atoms with Crippen LogP contribution in [0.3, 0.4) is 0 Å². The Morgan fingerprint density at radius 3 is 2.65 bits per heavy atom. The third kappa shape index (κ3) is 3.84. The second-order valence-corrected chi connectivity index (χ2v) is 8.24. The van der Waals surface area contributed by atoms with Gasteiger partial charge in [-0.15, -0.1) is 0 Å². The molecule has 0 spiro atoms. The summed E-state index contributed by atoms with van der Waals surface area (Å²) in [7, 11) is 0. The summed E-state index contributed by atoms with van der Waals surface area (Å²) in [6, 6.07) is 16.2. The van der Waals surface area contributed by atoms with Gasteiger partial charge < -0.3 is 23.6 Å². The maximum absolute atomic E-state index is 13.6. The highest BCUT2D eigenvalue weighted by Crippen LogP contribution is 2.41. The molecule has 34 heavy (non-hydrogen) atoms. The van der Waals surface area contributed by atoms with Crippen LogP contribution in [0.15, 0.2) is 87.1 Å². The third-order valence-electron chi connectivity index (χ3n) is 5.66. The van der Waals surface area contributed by atoms with Gasteiger partial charge in [-0.25, -0.2) is 0 Å². The number of hydrogen-bond donors (Lipinski definition) is 1. The van der Waals surface area contributed by atoms with Crippen molar-refractivity contribution < 1.29 is 28.3 Å². The number of amides is 1. The Kier molecular flexibility index (Phi) is 5.63. The van der Waals surface area contributed by atoms with Crippen LogP contribution in [0, 0.1) is 0 Å². The lowest BCUT2D eigenvalue weighted by atomic mass is 9.95. The van der Waals surface area contributed by atoms with Crippen molar-refractivity contribution in [3.05, 3.63) is 100 Å². The molecular weight excluding hydrogens is 458 g/mol. The van der Waals surface area contributed by atoms with Gasteiger partial charge in [-0.2, -0.15) is 0 Å². The van der Waals surface area contributed by atoms with Crippen molar-refractivity contribution in [3.63, 3.8) is 0 Å². The van der Waals surface area contributed by atoms with Crippen LogP contribution >= 0.6 is 11.6 Å². The molecule has 2 aromatic carbocycles. The topological polar surface area (TPSA) is 93.1 Å². The van der Waals surface area contributed by atoms with Gasteiger partial charge in [0.15, 0.2) is 11.5 Å². The number of nitrogens with zero attached hydrogens (tertiary/aromatic N) is 1. The van der Waals surface area contributed by atoms with Crippen LogP contribution in [0.25, 0.3) is 11.0 Å². The molecule has 1 N–H and O–H groups in total. The maximum atomic E-state index is 13.6. The van der Waals surface area contributed by atoms with E-state index in [1.165, 1.54) is 11.2 Å². The molecule has 5 rings (SSSR count). The molecule has 1 unspecified atom stereocenters. The van der Waals surface area contributed by atoms with E-state index in [4.69, 9.17) is 25.2 Å². The van der Waals surface area contributed by atoms with Crippen molar-refractivity contribution in [2.45, 2.75) is 19.5 Å². The van der Waals surface area contributed by atoms with E-state index in [2.05, 4.69) is 0 Å². The third-order valence-corrected chi connectivity index (χ3v) is 5.90. The predicted octanol–water partition coefficient (Wildman–Crippen LogP) is 5.86. The highest BCUT2D eigenvalue weighted by Gasteiger charge is 2.44. The van der Waals surface area contributed by atoms with E-state index in [0.717, 1.165) is 0 Å². The van der Waals surface area contributed by atoms with Gasteiger partial charge in [-0.1, -0.05) is 23.7 Å². The molecule has 7 nitrogen and oxygen atoms in total. The fraction of sp³-hybridized carbons (Fsp3) is 0.154. The summed E-state index contributed by atoms with van der Waals surface area (Å²) in [5.41, 5.74) is 1.04. The molecule has 1 atom stereocenters. The summed E-state index contributed by atoms with van der Waals surface area (Å²) >= 11 is 6.06. The Bertz CT molecular complexity index is 1400. The first-order chi connectivity index (χ1) is 16.5. The molecule has 2 aromatic heterocycles. The van der Waals surface area contributed by atoms with E-state index < -0.39 is 23.5 Å². The summed E-state index contributed by atoms with van der Waals surface area (Å²) in [6.45, 7) is 2.46. The number of aliphatic hydroxyl groups excluding tert-OH is 1. The van der Waals surface area contributed by atoms with Crippen LogP contribution in [0.5, 0.6) is 5.75 Å². The van der Waals surface area contributed by atoms with E-state index in [1.807, 2.05) is 6.92 Å². The van der Waals surface area contributed by atoms with Gasteiger partial charge in [-0.3, -0.25) is 9.59 Å². The van der Waals surface area contributed by atoms with E-state index in [0.29, 0.717) is 39.7 Å². The van der Waals surface area contributed by atoms with Crippen molar-refractivity contribution >= 4 is 34.3 Å². The fourth-order valence-corrected chi connectivity index (χ4v) is 4.32. The van der Waals surface area contributed by atoms with E-state index in [1.54, 1.807) is 60.7 Å². The Labute approximate surface area is 199 Å². The molecular formula is C26H20ClNO6. The van der Waals surface area contributed by atoms with Crippen LogP contribution in [0.4, 0.5) is 0 Å². The van der Waals surface area contributed by atoms with Crippen molar-refractivity contribution in [1.82, 2.24) is 4.90 Å². The molecule has 172 valence electrons. The van der Waals surface area contributed by atoms with Gasteiger partial charge in [0.05, 0.1) is 31.0 Å². The number of Topliss-reactive ketones (excluding diaryl/α,β-unsaturated/α-hetero) is 1. The Hall–Kier alpha value is -3.97. The monoisotopic (exact) mass is 477 g/mol. The van der Waals surface area contributed by atoms with Gasteiger partial charge in [0.25, 0.3) is 5.91 Å². The van der Waals surface area contributed by atoms with Gasteiger partial charge in [0, 0.05) is 10.4 Å². The molecule has 1 aliphatic rings. The van der Waals surface area contributed by atoms with Crippen LogP contribution in [-0.4, -0.2) is 28.3 Å². The fourth-order valence-electron chi connectivity index (χ4n) is 4.14. The average molecular weight is 478 g/mol. The highest BCUT2D eigenvalue weighted by atomic mass is 35.5. The molecule has 0 radical (unpaired) electrons. The molecule has 0 saturated heterocycles. The van der Waals surface area contributed by atoms with Gasteiger partial charge in [0.2, 0.25) is 5.78 Å². The molecule has 0 aliphatic carbocycles. The van der Waals surface area contributed by atoms with E-state index in [9.17, 15) is 14.7 Å². The molecule has 3 heterocycles. The second kappa shape index (κ2) is 8.76. The Morgan fingerprint density at radius 1 is 1.15 bits per heavy atom. The normalized spacial score (nSPS) is 16.0. The first-order valence-corrected chi connectivity index (χ1v) is 11.1. The van der Waals surface area contributed by atoms with Crippen LogP contribution in [0.2, 0.25) is 5.02 Å². The molecule has 4 aromatic rings. The van der Waals surface area contributed by atoms with Crippen LogP contribution in [-0.2, 0) is 11.3 Å². The SMILES string of the molecule is CCOc1ccc(C2C(C(=O)c3cc4cc(Cl)ccc4o3)=C(O)C(=O)N2Cc2ccco2)cc1. The molecule has 8 heteroatoms. The van der Waals surface area contributed by atoms with Gasteiger partial charge in [-0.05, 0) is 61.0 Å². The number of fused-ring (bicyclic) bond motifs is 1. The lowest BCUT2D eigenvalue weighted by Gasteiger charge is -2.26. The molecule has 0 saturated carbocycles. The van der Waals surface area contributed by atoms with Gasteiger partial charge in [0.1, 0.15) is 17.1 Å². The Morgan fingerprint density at radius 2 is 1.94 bits per heavy atom. The van der Waals surface area contributed by atoms with E-state index in [-0.39, 0.29) is 17.9 Å². The minimum absolute atomic E-state index is 0.00222.